The van der Waals surface area contributed by atoms with E-state index in [0.29, 0.717) is 0 Å². The van der Waals surface area contributed by atoms with Crippen molar-refractivity contribution in [2.45, 2.75) is 17.4 Å². The van der Waals surface area contributed by atoms with Gasteiger partial charge in [0.1, 0.15) is 5.69 Å². The van der Waals surface area contributed by atoms with Gasteiger partial charge in [0, 0.05) is 7.05 Å². The molecule has 144 valence electrons. The van der Waals surface area contributed by atoms with Crippen molar-refractivity contribution < 1.29 is 56.7 Å². The first kappa shape index (κ1) is 21.2. The first-order chi connectivity index (χ1) is 10.9. The van der Waals surface area contributed by atoms with E-state index in [4.69, 9.17) is 0 Å². The standard InChI is InChI=1S/C9H3F11N2O2S/c1-22(4-2(10)5(12)21-6(13)3(4)11)25(23,24)7(14,8(15,16)17)9(18,19)20/h1H3. The molecule has 0 fully saturated rings. The van der Waals surface area contributed by atoms with Crippen molar-refractivity contribution in [3.8, 4) is 0 Å². The van der Waals surface area contributed by atoms with Gasteiger partial charge >= 0.3 is 17.4 Å². The number of nitrogens with zero attached hydrogens (tertiary/aromatic N) is 2. The molecule has 0 radical (unpaired) electrons. The minimum absolute atomic E-state index is 0.373. The lowest BCUT2D eigenvalue weighted by Gasteiger charge is -2.33. The second kappa shape index (κ2) is 5.84. The summed E-state index contributed by atoms with van der Waals surface area (Å²) in [5, 5.41) is -7.03. The normalized spacial score (nSPS) is 13.9. The molecule has 1 rings (SSSR count). The molecule has 0 bridgehead atoms. The molecule has 0 saturated heterocycles. The zero-order valence-electron chi connectivity index (χ0n) is 11.3. The Morgan fingerprint density at radius 2 is 1.12 bits per heavy atom. The van der Waals surface area contributed by atoms with Gasteiger partial charge in [-0.05, 0) is 0 Å². The summed E-state index contributed by atoms with van der Waals surface area (Å²) < 4.78 is 162. The minimum atomic E-state index is -7.37. The molecule has 0 aliphatic carbocycles. The van der Waals surface area contributed by atoms with Crippen LogP contribution in [0.15, 0.2) is 0 Å². The molecule has 4 nitrogen and oxygen atoms in total. The van der Waals surface area contributed by atoms with E-state index in [1.165, 1.54) is 0 Å². The second-order valence-electron chi connectivity index (χ2n) is 4.23. The first-order valence-electron chi connectivity index (χ1n) is 5.42. The van der Waals surface area contributed by atoms with Crippen molar-refractivity contribution in [3.05, 3.63) is 23.5 Å². The quantitative estimate of drug-likeness (QED) is 0.566. The maximum atomic E-state index is 13.7. The summed E-state index contributed by atoms with van der Waals surface area (Å²) in [6.45, 7) is 0. The molecule has 0 N–H and O–H groups in total. The van der Waals surface area contributed by atoms with Gasteiger partial charge in [-0.1, -0.05) is 0 Å². The van der Waals surface area contributed by atoms with E-state index in [2.05, 4.69) is 0 Å². The summed E-state index contributed by atoms with van der Waals surface area (Å²) in [6.07, 6.45) is -14.3. The van der Waals surface area contributed by atoms with E-state index in [0.717, 1.165) is 0 Å². The molecule has 0 atom stereocenters. The number of pyridine rings is 1. The predicted octanol–water partition coefficient (Wildman–Crippen LogP) is 3.19. The molecular weight excluding hydrogens is 409 g/mol. The Kier molecular flexibility index (Phi) is 4.95. The van der Waals surface area contributed by atoms with Crippen molar-refractivity contribution in [3.63, 3.8) is 0 Å². The van der Waals surface area contributed by atoms with Crippen molar-refractivity contribution in [2.75, 3.05) is 11.4 Å². The van der Waals surface area contributed by atoms with Gasteiger partial charge in [0.15, 0.2) is 0 Å². The number of halogens is 11. The third kappa shape index (κ3) is 2.95. The second-order valence-corrected chi connectivity index (χ2v) is 6.29. The predicted molar refractivity (Wildman–Crippen MR) is 57.3 cm³/mol. The number of anilines is 1. The van der Waals surface area contributed by atoms with Gasteiger partial charge in [-0.3, -0.25) is 4.31 Å². The summed E-state index contributed by atoms with van der Waals surface area (Å²) in [7, 11) is -7.75. The number of hydrogen-bond donors (Lipinski definition) is 0. The lowest BCUT2D eigenvalue weighted by Crippen LogP contribution is -2.62. The van der Waals surface area contributed by atoms with E-state index in [1.807, 2.05) is 4.98 Å². The highest BCUT2D eigenvalue weighted by Crippen LogP contribution is 2.51. The summed E-state index contributed by atoms with van der Waals surface area (Å²) in [5.74, 6) is -10.7. The van der Waals surface area contributed by atoms with Crippen molar-refractivity contribution in [1.82, 2.24) is 4.98 Å². The highest BCUT2D eigenvalue weighted by Gasteiger charge is 2.81. The van der Waals surface area contributed by atoms with Crippen LogP contribution in [0.5, 0.6) is 0 Å². The highest BCUT2D eigenvalue weighted by molar-refractivity contribution is 7.94. The van der Waals surface area contributed by atoms with Crippen molar-refractivity contribution >= 4 is 15.7 Å². The van der Waals surface area contributed by atoms with Crippen LogP contribution in [-0.4, -0.2) is 37.8 Å². The first-order valence-corrected chi connectivity index (χ1v) is 6.86. The molecule has 0 aliphatic heterocycles. The number of sulfonamides is 1. The van der Waals surface area contributed by atoms with Crippen LogP contribution < -0.4 is 4.31 Å². The van der Waals surface area contributed by atoms with Gasteiger partial charge < -0.3 is 0 Å². The van der Waals surface area contributed by atoms with Crippen molar-refractivity contribution in [1.29, 1.82) is 0 Å². The maximum absolute atomic E-state index is 13.7. The fraction of sp³-hybridized carbons (Fsp3) is 0.444. The Bertz CT molecular complexity index is 746. The minimum Gasteiger partial charge on any atom is -0.264 e. The number of rotatable bonds is 3. The van der Waals surface area contributed by atoms with Gasteiger partial charge in [-0.2, -0.15) is 48.9 Å². The van der Waals surface area contributed by atoms with E-state index in [1.54, 1.807) is 0 Å². The van der Waals surface area contributed by atoms with Crippen LogP contribution in [-0.2, 0) is 10.0 Å². The van der Waals surface area contributed by atoms with Crippen LogP contribution in [0, 0.1) is 23.5 Å². The summed E-state index contributed by atoms with van der Waals surface area (Å²) >= 11 is 0. The summed E-state index contributed by atoms with van der Waals surface area (Å²) in [4.78, 5) is 1.91. The Hall–Kier alpha value is -1.87. The average Bonchev–Trinajstić information content (AvgIpc) is 2.41. The van der Waals surface area contributed by atoms with Gasteiger partial charge in [-0.15, -0.1) is 0 Å². The molecule has 0 aliphatic rings. The van der Waals surface area contributed by atoms with Crippen molar-refractivity contribution in [2.24, 2.45) is 0 Å². The molecule has 1 aromatic rings. The molecule has 25 heavy (non-hydrogen) atoms. The van der Waals surface area contributed by atoms with E-state index in [9.17, 15) is 56.7 Å². The molecule has 0 amide bonds. The van der Waals surface area contributed by atoms with Crippen LogP contribution >= 0.6 is 0 Å². The largest absolute Gasteiger partial charge is 0.448 e. The Balaban J connectivity index is 3.81. The van der Waals surface area contributed by atoms with Gasteiger partial charge in [0.25, 0.3) is 21.9 Å². The number of hydrogen-bond acceptors (Lipinski definition) is 3. The lowest BCUT2D eigenvalue weighted by atomic mass is 10.3. The zero-order valence-corrected chi connectivity index (χ0v) is 12.1. The average molecular weight is 412 g/mol. The third-order valence-corrected chi connectivity index (χ3v) is 4.81. The molecule has 0 aromatic carbocycles. The SMILES string of the molecule is CN(c1c(F)c(F)nc(F)c1F)S(=O)(=O)C(F)(C(F)(F)F)C(F)(F)F. The molecule has 0 unspecified atom stereocenters. The van der Waals surface area contributed by atoms with Crippen LogP contribution in [0.1, 0.15) is 0 Å². The van der Waals surface area contributed by atoms with Crippen LogP contribution in [0.2, 0.25) is 0 Å². The molecule has 1 aromatic heterocycles. The van der Waals surface area contributed by atoms with E-state index >= 15 is 0 Å². The lowest BCUT2D eigenvalue weighted by molar-refractivity contribution is -0.305. The molecular formula is C9H3F11N2O2S. The summed E-state index contributed by atoms with van der Waals surface area (Å²) in [6, 6.07) is 0. The topological polar surface area (TPSA) is 50.3 Å². The number of alkyl halides is 7. The van der Waals surface area contributed by atoms with Crippen LogP contribution in [0.3, 0.4) is 0 Å². The Labute approximate surface area is 130 Å². The zero-order chi connectivity index (χ0) is 20.2. The van der Waals surface area contributed by atoms with Gasteiger partial charge in [-0.25, -0.2) is 12.8 Å². The molecule has 16 heteroatoms. The number of aromatic nitrogens is 1. The van der Waals surface area contributed by atoms with Gasteiger partial charge in [0.05, 0.1) is 0 Å². The molecule has 0 saturated carbocycles. The van der Waals surface area contributed by atoms with Crippen LogP contribution in [0.25, 0.3) is 0 Å². The van der Waals surface area contributed by atoms with Crippen LogP contribution in [0.4, 0.5) is 54.0 Å². The monoisotopic (exact) mass is 412 g/mol. The smallest absolute Gasteiger partial charge is 0.264 e. The summed E-state index contributed by atoms with van der Waals surface area (Å²) in [5.41, 5.74) is -2.57. The fourth-order valence-corrected chi connectivity index (χ4v) is 2.88. The van der Waals surface area contributed by atoms with E-state index in [-0.39, 0.29) is 7.05 Å². The molecule has 1 heterocycles. The molecule has 0 spiro atoms. The Morgan fingerprint density at radius 1 is 0.800 bits per heavy atom. The Morgan fingerprint density at radius 3 is 1.40 bits per heavy atom. The maximum Gasteiger partial charge on any atom is 0.448 e. The van der Waals surface area contributed by atoms with Gasteiger partial charge in [0.2, 0.25) is 11.6 Å². The van der Waals surface area contributed by atoms with E-state index < -0.39 is 60.9 Å². The third-order valence-electron chi connectivity index (χ3n) is 2.73. The highest BCUT2D eigenvalue weighted by atomic mass is 32.2. The fourth-order valence-electron chi connectivity index (χ4n) is 1.51.